The number of nitrogens with zero attached hydrogens (tertiary/aromatic N) is 3. The van der Waals surface area contributed by atoms with E-state index in [0.29, 0.717) is 11.6 Å². The quantitative estimate of drug-likeness (QED) is 0.364. The Morgan fingerprint density at radius 3 is 2.60 bits per heavy atom. The van der Waals surface area contributed by atoms with Crippen LogP contribution in [0, 0.1) is 6.92 Å². The van der Waals surface area contributed by atoms with Crippen LogP contribution in [0.15, 0.2) is 66.9 Å². The third-order valence-corrected chi connectivity index (χ3v) is 6.39. The number of ether oxygens (including phenoxy) is 2. The number of aryl methyl sites for hydroxylation is 1. The number of hydrogen-bond donors (Lipinski definition) is 0. The molecule has 1 atom stereocenters. The standard InChI is InChI=1S/C29H35N3O3/c1-5-31(19-23-11-9-10-14-26(23)35-25-12-7-6-8-13-25)24-16-18-32(20-24)28-27(22(4)15-17-30-28)29(33)34-21(2)3/h6-15,17,21,24H,5,16,18-20H2,1-4H3. The molecule has 1 unspecified atom stereocenters. The molecule has 1 aliphatic rings. The first kappa shape index (κ1) is 24.7. The summed E-state index contributed by atoms with van der Waals surface area (Å²) in [5.74, 6) is 2.14. The number of hydrogen-bond acceptors (Lipinski definition) is 6. The van der Waals surface area contributed by atoms with Gasteiger partial charge in [0.15, 0.2) is 0 Å². The molecule has 1 aromatic heterocycles. The lowest BCUT2D eigenvalue weighted by Gasteiger charge is -2.29. The van der Waals surface area contributed by atoms with Gasteiger partial charge in [-0.3, -0.25) is 4.90 Å². The molecular weight excluding hydrogens is 438 g/mol. The first-order chi connectivity index (χ1) is 17.0. The van der Waals surface area contributed by atoms with Crippen molar-refractivity contribution >= 4 is 11.8 Å². The molecule has 6 nitrogen and oxygen atoms in total. The van der Waals surface area contributed by atoms with Crippen LogP contribution < -0.4 is 9.64 Å². The zero-order valence-corrected chi connectivity index (χ0v) is 21.1. The first-order valence-corrected chi connectivity index (χ1v) is 12.4. The number of benzene rings is 2. The fraction of sp³-hybridized carbons (Fsp3) is 0.379. The van der Waals surface area contributed by atoms with Crippen LogP contribution >= 0.6 is 0 Å². The van der Waals surface area contributed by atoms with Crippen molar-refractivity contribution in [1.29, 1.82) is 0 Å². The van der Waals surface area contributed by atoms with Crippen LogP contribution in [-0.4, -0.2) is 47.6 Å². The Labute approximate surface area is 208 Å². The van der Waals surface area contributed by atoms with E-state index in [1.807, 2.05) is 69.3 Å². The lowest BCUT2D eigenvalue weighted by atomic mass is 10.1. The maximum Gasteiger partial charge on any atom is 0.342 e. The molecule has 0 bridgehead atoms. The average molecular weight is 474 g/mol. The second kappa shape index (κ2) is 11.4. The molecule has 1 aliphatic heterocycles. The number of pyridine rings is 1. The van der Waals surface area contributed by atoms with Gasteiger partial charge in [-0.2, -0.15) is 0 Å². The molecular formula is C29H35N3O3. The second-order valence-electron chi connectivity index (χ2n) is 9.25. The van der Waals surface area contributed by atoms with Gasteiger partial charge in [0, 0.05) is 37.4 Å². The zero-order chi connectivity index (χ0) is 24.8. The van der Waals surface area contributed by atoms with E-state index in [1.165, 1.54) is 0 Å². The highest BCUT2D eigenvalue weighted by atomic mass is 16.5. The minimum absolute atomic E-state index is 0.171. The minimum Gasteiger partial charge on any atom is -0.459 e. The number of carbonyl (C=O) groups excluding carboxylic acids is 1. The smallest absolute Gasteiger partial charge is 0.342 e. The second-order valence-corrected chi connectivity index (χ2v) is 9.25. The van der Waals surface area contributed by atoms with E-state index in [2.05, 4.69) is 33.8 Å². The molecule has 184 valence electrons. The Morgan fingerprint density at radius 2 is 1.86 bits per heavy atom. The van der Waals surface area contributed by atoms with Crippen LogP contribution in [0.25, 0.3) is 0 Å². The molecule has 0 aliphatic carbocycles. The number of anilines is 1. The van der Waals surface area contributed by atoms with Gasteiger partial charge in [-0.15, -0.1) is 0 Å². The molecule has 6 heteroatoms. The highest BCUT2D eigenvalue weighted by molar-refractivity contribution is 5.96. The average Bonchev–Trinajstić information content (AvgIpc) is 3.33. The van der Waals surface area contributed by atoms with Crippen molar-refractivity contribution < 1.29 is 14.3 Å². The van der Waals surface area contributed by atoms with E-state index >= 15 is 0 Å². The predicted octanol–water partition coefficient (Wildman–Crippen LogP) is 5.85. The van der Waals surface area contributed by atoms with Crippen LogP contribution in [-0.2, 0) is 11.3 Å². The monoisotopic (exact) mass is 473 g/mol. The Hall–Kier alpha value is -3.38. The number of aromatic nitrogens is 1. The number of likely N-dealkylation sites (N-methyl/N-ethyl adjacent to an activating group) is 1. The van der Waals surface area contributed by atoms with Crippen LogP contribution in [0.1, 0.15) is 48.7 Å². The summed E-state index contributed by atoms with van der Waals surface area (Å²) < 4.78 is 11.7. The van der Waals surface area contributed by atoms with Crippen LogP contribution in [0.2, 0.25) is 0 Å². The van der Waals surface area contributed by atoms with E-state index in [4.69, 9.17) is 9.47 Å². The molecule has 1 saturated heterocycles. The maximum atomic E-state index is 12.8. The molecule has 2 heterocycles. The van der Waals surface area contributed by atoms with Crippen molar-refractivity contribution in [3.63, 3.8) is 0 Å². The molecule has 3 aromatic rings. The van der Waals surface area contributed by atoms with Crippen molar-refractivity contribution in [1.82, 2.24) is 9.88 Å². The molecule has 1 fully saturated rings. The first-order valence-electron chi connectivity index (χ1n) is 12.4. The summed E-state index contributed by atoms with van der Waals surface area (Å²) in [5.41, 5.74) is 2.63. The molecule has 0 saturated carbocycles. The van der Waals surface area contributed by atoms with Crippen LogP contribution in [0.5, 0.6) is 11.5 Å². The number of carbonyl (C=O) groups is 1. The van der Waals surface area contributed by atoms with Gasteiger partial charge in [-0.05, 0) is 63.6 Å². The van der Waals surface area contributed by atoms with E-state index in [-0.39, 0.29) is 12.1 Å². The minimum atomic E-state index is -0.302. The largest absolute Gasteiger partial charge is 0.459 e. The number of para-hydroxylation sites is 2. The molecule has 2 aromatic carbocycles. The molecule has 0 radical (unpaired) electrons. The Morgan fingerprint density at radius 1 is 1.11 bits per heavy atom. The normalized spacial score (nSPS) is 15.6. The van der Waals surface area contributed by atoms with Crippen molar-refractivity contribution in [2.45, 2.75) is 52.8 Å². The lowest BCUT2D eigenvalue weighted by molar-refractivity contribution is 0.0377. The molecule has 35 heavy (non-hydrogen) atoms. The van der Waals surface area contributed by atoms with Gasteiger partial charge >= 0.3 is 5.97 Å². The van der Waals surface area contributed by atoms with Crippen molar-refractivity contribution in [3.05, 3.63) is 83.6 Å². The van der Waals surface area contributed by atoms with E-state index in [9.17, 15) is 4.79 Å². The summed E-state index contributed by atoms with van der Waals surface area (Å²) in [6, 6.07) is 20.3. The van der Waals surface area contributed by atoms with Gasteiger partial charge in [-0.1, -0.05) is 43.3 Å². The topological polar surface area (TPSA) is 54.9 Å². The fourth-order valence-corrected chi connectivity index (χ4v) is 4.61. The molecule has 4 rings (SSSR count). The van der Waals surface area contributed by atoms with Gasteiger partial charge in [0.2, 0.25) is 0 Å². The molecule has 0 N–H and O–H groups in total. The zero-order valence-electron chi connectivity index (χ0n) is 21.1. The fourth-order valence-electron chi connectivity index (χ4n) is 4.61. The summed E-state index contributed by atoms with van der Waals surface area (Å²) in [7, 11) is 0. The molecule has 0 amide bonds. The van der Waals surface area contributed by atoms with Crippen molar-refractivity contribution in [2.24, 2.45) is 0 Å². The van der Waals surface area contributed by atoms with Gasteiger partial charge in [0.05, 0.1) is 6.10 Å². The SMILES string of the molecule is CCN(Cc1ccccc1Oc1ccccc1)C1CCN(c2nccc(C)c2C(=O)OC(C)C)C1. The summed E-state index contributed by atoms with van der Waals surface area (Å²) in [4.78, 5) is 22.1. The summed E-state index contributed by atoms with van der Waals surface area (Å²) in [6.45, 7) is 11.2. The summed E-state index contributed by atoms with van der Waals surface area (Å²) in [5, 5.41) is 0. The van der Waals surface area contributed by atoms with Crippen LogP contribution in [0.4, 0.5) is 5.82 Å². The number of esters is 1. The highest BCUT2D eigenvalue weighted by Crippen LogP contribution is 2.30. The highest BCUT2D eigenvalue weighted by Gasteiger charge is 2.31. The summed E-state index contributed by atoms with van der Waals surface area (Å²) in [6.07, 6.45) is 2.61. The van der Waals surface area contributed by atoms with E-state index in [0.717, 1.165) is 61.0 Å². The Bertz CT molecular complexity index is 1130. The third kappa shape index (κ3) is 6.01. The number of rotatable bonds is 9. The van der Waals surface area contributed by atoms with Crippen molar-refractivity contribution in [3.8, 4) is 11.5 Å². The summed E-state index contributed by atoms with van der Waals surface area (Å²) >= 11 is 0. The Kier molecular flexibility index (Phi) is 8.03. The lowest BCUT2D eigenvalue weighted by Crippen LogP contribution is -2.37. The van der Waals surface area contributed by atoms with Crippen molar-refractivity contribution in [2.75, 3.05) is 24.5 Å². The van der Waals surface area contributed by atoms with Crippen LogP contribution in [0.3, 0.4) is 0 Å². The van der Waals surface area contributed by atoms with Gasteiger partial charge in [0.25, 0.3) is 0 Å². The van der Waals surface area contributed by atoms with E-state index < -0.39 is 0 Å². The van der Waals surface area contributed by atoms with E-state index in [1.54, 1.807) is 6.20 Å². The third-order valence-electron chi connectivity index (χ3n) is 6.39. The maximum absolute atomic E-state index is 12.8. The molecule has 0 spiro atoms. The predicted molar refractivity (Wildman–Crippen MR) is 139 cm³/mol. The van der Waals surface area contributed by atoms with Gasteiger partial charge in [0.1, 0.15) is 22.9 Å². The van der Waals surface area contributed by atoms with Gasteiger partial charge < -0.3 is 14.4 Å². The van der Waals surface area contributed by atoms with Gasteiger partial charge in [-0.25, -0.2) is 9.78 Å². The Balaban J connectivity index is 1.50.